The first-order valence-electron chi connectivity index (χ1n) is 12.8. The summed E-state index contributed by atoms with van der Waals surface area (Å²) in [5.41, 5.74) is 5.58. The number of nitrogens with zero attached hydrogens (tertiary/aromatic N) is 4. The number of phenolic OH excluding ortho intramolecular Hbond substituents is 1. The molecule has 3 heterocycles. The van der Waals surface area contributed by atoms with Gasteiger partial charge in [-0.1, -0.05) is 18.2 Å². The number of ether oxygens (including phenoxy) is 2. The van der Waals surface area contributed by atoms with Crippen LogP contribution in [0.4, 0.5) is 0 Å². The molecule has 0 radical (unpaired) electrons. The second-order valence-electron chi connectivity index (χ2n) is 9.26. The van der Waals surface area contributed by atoms with E-state index in [4.69, 9.17) is 9.47 Å². The smallest absolute Gasteiger partial charge is 0.251 e. The minimum atomic E-state index is -0.235. The molecule has 6 aromatic rings. The van der Waals surface area contributed by atoms with Crippen LogP contribution in [0, 0.1) is 0 Å². The first-order valence-corrected chi connectivity index (χ1v) is 12.8. The Morgan fingerprint density at radius 2 is 1.88 bits per heavy atom. The van der Waals surface area contributed by atoms with Crippen molar-refractivity contribution in [1.29, 1.82) is 0 Å². The van der Waals surface area contributed by atoms with E-state index in [0.29, 0.717) is 46.2 Å². The summed E-state index contributed by atoms with van der Waals surface area (Å²) in [4.78, 5) is 25.1. The van der Waals surface area contributed by atoms with Gasteiger partial charge < -0.3 is 24.9 Å². The average molecular weight is 547 g/mol. The molecule has 6 rings (SSSR count). The molecule has 0 unspecified atom stereocenters. The number of fused-ring (bicyclic) bond motifs is 1. The van der Waals surface area contributed by atoms with Crippen molar-refractivity contribution < 1.29 is 19.4 Å². The van der Waals surface area contributed by atoms with Gasteiger partial charge in [0.2, 0.25) is 5.88 Å². The molecule has 0 fully saturated rings. The van der Waals surface area contributed by atoms with Crippen LogP contribution in [0.1, 0.15) is 15.9 Å². The molecule has 3 aromatic heterocycles. The lowest BCUT2D eigenvalue weighted by Crippen LogP contribution is -2.22. The summed E-state index contributed by atoms with van der Waals surface area (Å²) >= 11 is 0. The number of hydrogen-bond donors (Lipinski definition) is 3. The minimum absolute atomic E-state index is 0.0716. The molecule has 10 heteroatoms. The highest BCUT2D eigenvalue weighted by Crippen LogP contribution is 2.35. The van der Waals surface area contributed by atoms with Gasteiger partial charge in [0, 0.05) is 35.6 Å². The van der Waals surface area contributed by atoms with Gasteiger partial charge in [-0.15, -0.1) is 0 Å². The molecule has 0 spiro atoms. The molecule has 3 N–H and O–H groups in total. The Bertz CT molecular complexity index is 1880. The number of phenols is 1. The van der Waals surface area contributed by atoms with Crippen LogP contribution in [0.25, 0.3) is 39.2 Å². The summed E-state index contributed by atoms with van der Waals surface area (Å²) in [6, 6.07) is 21.8. The largest absolute Gasteiger partial charge is 0.507 e. The maximum absolute atomic E-state index is 13.0. The van der Waals surface area contributed by atoms with E-state index in [-0.39, 0.29) is 11.7 Å². The van der Waals surface area contributed by atoms with Crippen LogP contribution < -0.4 is 14.8 Å². The molecule has 0 saturated heterocycles. The number of benzene rings is 3. The zero-order valence-corrected chi connectivity index (χ0v) is 22.3. The van der Waals surface area contributed by atoms with Gasteiger partial charge in [-0.3, -0.25) is 4.79 Å². The predicted molar refractivity (Wildman–Crippen MR) is 154 cm³/mol. The molecule has 204 valence electrons. The van der Waals surface area contributed by atoms with Gasteiger partial charge in [0.25, 0.3) is 5.91 Å². The van der Waals surface area contributed by atoms with Gasteiger partial charge in [-0.25, -0.2) is 14.6 Å². The number of aromatic nitrogens is 5. The summed E-state index contributed by atoms with van der Waals surface area (Å²) in [6.07, 6.45) is 5.22. The van der Waals surface area contributed by atoms with Crippen LogP contribution >= 0.6 is 0 Å². The van der Waals surface area contributed by atoms with Crippen LogP contribution in [-0.2, 0) is 6.54 Å². The molecule has 0 aliphatic rings. The number of aromatic amines is 1. The van der Waals surface area contributed by atoms with Crippen LogP contribution in [0.2, 0.25) is 0 Å². The fraction of sp³-hybridized carbons (Fsp3) is 0.0968. The summed E-state index contributed by atoms with van der Waals surface area (Å²) < 4.78 is 12.5. The Morgan fingerprint density at radius 1 is 1.00 bits per heavy atom. The van der Waals surface area contributed by atoms with Crippen molar-refractivity contribution in [1.82, 2.24) is 30.0 Å². The number of carbonyl (C=O) groups excluding carboxylic acids is 1. The number of aromatic hydroxyl groups is 1. The number of pyridine rings is 1. The topological polar surface area (TPSA) is 127 Å². The maximum atomic E-state index is 13.0. The van der Waals surface area contributed by atoms with Crippen LogP contribution in [0.15, 0.2) is 91.4 Å². The van der Waals surface area contributed by atoms with E-state index in [0.717, 1.165) is 22.4 Å². The van der Waals surface area contributed by atoms with Crippen molar-refractivity contribution in [2.45, 2.75) is 6.54 Å². The minimum Gasteiger partial charge on any atom is -0.507 e. The van der Waals surface area contributed by atoms with Gasteiger partial charge in [0.05, 0.1) is 37.0 Å². The standard InChI is InChI=1S/C31H26N6O4/c1-40-28-8-4-3-7-26(28)37-18-19(17-34-37)16-33-30(39)21-9-11-24-25(15-21)36-29(35-24)23-14-20(10-12-27(23)38)22-6-5-13-32-31(22)41-2/h3-15,17-18,38H,16H2,1-2H3,(H,33,39)(H,35,36). The van der Waals surface area contributed by atoms with Crippen molar-refractivity contribution in [3.05, 3.63) is 103 Å². The number of para-hydroxylation sites is 2. The molecule has 0 atom stereocenters. The van der Waals surface area contributed by atoms with Crippen LogP contribution in [0.3, 0.4) is 0 Å². The number of H-pyrrole nitrogens is 1. The molecule has 0 bridgehead atoms. The zero-order chi connectivity index (χ0) is 28.3. The Labute approximate surface area is 235 Å². The maximum Gasteiger partial charge on any atom is 0.251 e. The van der Waals surface area contributed by atoms with E-state index in [1.165, 1.54) is 0 Å². The molecule has 0 aliphatic carbocycles. The lowest BCUT2D eigenvalue weighted by atomic mass is 10.0. The first kappa shape index (κ1) is 25.6. The fourth-order valence-corrected chi connectivity index (χ4v) is 4.63. The molecule has 1 amide bonds. The lowest BCUT2D eigenvalue weighted by Gasteiger charge is -2.09. The zero-order valence-electron chi connectivity index (χ0n) is 22.3. The Kier molecular flexibility index (Phi) is 6.78. The quantitative estimate of drug-likeness (QED) is 0.242. The highest BCUT2D eigenvalue weighted by molar-refractivity contribution is 5.97. The van der Waals surface area contributed by atoms with E-state index < -0.39 is 0 Å². The fourth-order valence-electron chi connectivity index (χ4n) is 4.63. The van der Waals surface area contributed by atoms with Crippen molar-refractivity contribution in [2.75, 3.05) is 14.2 Å². The third-order valence-electron chi connectivity index (χ3n) is 6.69. The Morgan fingerprint density at radius 3 is 2.73 bits per heavy atom. The van der Waals surface area contributed by atoms with Crippen molar-refractivity contribution >= 4 is 16.9 Å². The van der Waals surface area contributed by atoms with E-state index in [1.54, 1.807) is 61.6 Å². The second-order valence-corrected chi connectivity index (χ2v) is 9.26. The Balaban J connectivity index is 1.21. The van der Waals surface area contributed by atoms with Crippen LogP contribution in [0.5, 0.6) is 17.4 Å². The SMILES string of the molecule is COc1ccccc1-n1cc(CNC(=O)c2ccc3nc(-c4cc(-c5cccnc5OC)ccc4O)[nH]c3c2)cn1. The number of methoxy groups -OCH3 is 2. The number of imidazole rings is 1. The number of carbonyl (C=O) groups is 1. The third-order valence-corrected chi connectivity index (χ3v) is 6.69. The van der Waals surface area contributed by atoms with Crippen molar-refractivity contribution in [2.24, 2.45) is 0 Å². The molecule has 0 saturated carbocycles. The monoisotopic (exact) mass is 546 g/mol. The van der Waals surface area contributed by atoms with Gasteiger partial charge in [0.15, 0.2) is 0 Å². The average Bonchev–Trinajstić information content (AvgIpc) is 3.67. The molecular formula is C31H26N6O4. The summed E-state index contributed by atoms with van der Waals surface area (Å²) in [5.74, 6) is 1.50. The molecule has 10 nitrogen and oxygen atoms in total. The normalized spacial score (nSPS) is 11.0. The predicted octanol–water partition coefficient (Wildman–Crippen LogP) is 5.13. The Hall–Kier alpha value is -5.64. The first-order chi connectivity index (χ1) is 20.0. The third kappa shape index (κ3) is 5.06. The van der Waals surface area contributed by atoms with E-state index in [9.17, 15) is 9.90 Å². The second kappa shape index (κ2) is 10.9. The highest BCUT2D eigenvalue weighted by Gasteiger charge is 2.15. The lowest BCUT2D eigenvalue weighted by molar-refractivity contribution is 0.0951. The number of hydrogen-bond acceptors (Lipinski definition) is 7. The van der Waals surface area contributed by atoms with E-state index >= 15 is 0 Å². The molecular weight excluding hydrogens is 520 g/mol. The van der Waals surface area contributed by atoms with Crippen molar-refractivity contribution in [3.8, 4) is 45.6 Å². The molecule has 41 heavy (non-hydrogen) atoms. The molecule has 3 aromatic carbocycles. The van der Waals surface area contributed by atoms with Crippen molar-refractivity contribution in [3.63, 3.8) is 0 Å². The summed E-state index contributed by atoms with van der Waals surface area (Å²) in [7, 11) is 3.18. The summed E-state index contributed by atoms with van der Waals surface area (Å²) in [6.45, 7) is 0.304. The van der Waals surface area contributed by atoms with E-state index in [2.05, 4.69) is 25.4 Å². The van der Waals surface area contributed by atoms with Gasteiger partial charge >= 0.3 is 0 Å². The highest BCUT2D eigenvalue weighted by atomic mass is 16.5. The van der Waals surface area contributed by atoms with Gasteiger partial charge in [-0.05, 0) is 60.2 Å². The number of nitrogens with one attached hydrogen (secondary N) is 2. The number of rotatable bonds is 8. The van der Waals surface area contributed by atoms with Crippen LogP contribution in [-0.4, -0.2) is 50.0 Å². The summed E-state index contributed by atoms with van der Waals surface area (Å²) in [5, 5.41) is 18.0. The molecule has 0 aliphatic heterocycles. The van der Waals surface area contributed by atoms with Gasteiger partial charge in [0.1, 0.15) is 23.0 Å². The van der Waals surface area contributed by atoms with Gasteiger partial charge in [-0.2, -0.15) is 5.10 Å². The van der Waals surface area contributed by atoms with E-state index in [1.807, 2.05) is 48.7 Å². The number of amides is 1.